The van der Waals surface area contributed by atoms with Crippen LogP contribution in [0.25, 0.3) is 0 Å². The van der Waals surface area contributed by atoms with E-state index in [0.717, 1.165) is 12.1 Å². The Balaban J connectivity index is 3.22. The van der Waals surface area contributed by atoms with Crippen molar-refractivity contribution in [2.45, 2.75) is 11.1 Å². The average Bonchev–Trinajstić information content (AvgIpc) is 2.26. The molecular weight excluding hydrogens is 326 g/mol. The summed E-state index contributed by atoms with van der Waals surface area (Å²) in [5.41, 5.74) is 0. The Hall–Kier alpha value is -0.900. The second-order valence-corrected chi connectivity index (χ2v) is 6.07. The summed E-state index contributed by atoms with van der Waals surface area (Å²) in [6.07, 6.45) is -4.78. The molecule has 1 aromatic rings. The number of halogens is 5. The highest BCUT2D eigenvalue weighted by atomic mass is 35.5. The van der Waals surface area contributed by atoms with Crippen LogP contribution in [0.1, 0.15) is 0 Å². The molecule has 0 unspecified atom stereocenters. The van der Waals surface area contributed by atoms with Gasteiger partial charge in [0.1, 0.15) is 17.3 Å². The van der Waals surface area contributed by atoms with Gasteiger partial charge < -0.3 is 5.11 Å². The molecule has 10 heteroatoms. The fourth-order valence-electron chi connectivity index (χ4n) is 1.42. The summed E-state index contributed by atoms with van der Waals surface area (Å²) in [5.74, 6) is -0.821. The summed E-state index contributed by atoms with van der Waals surface area (Å²) in [4.78, 5) is -0.654. The first-order valence-corrected chi connectivity index (χ1v) is 7.02. The lowest BCUT2D eigenvalue weighted by Crippen LogP contribution is -2.40. The number of nitrogens with zero attached hydrogens (tertiary/aromatic N) is 1. The molecule has 1 N–H and O–H groups in total. The Morgan fingerprint density at radius 2 is 1.90 bits per heavy atom. The van der Waals surface area contributed by atoms with E-state index in [1.807, 2.05) is 0 Å². The van der Waals surface area contributed by atoms with E-state index in [-0.39, 0.29) is 4.31 Å². The Labute approximate surface area is 117 Å². The molecule has 0 aromatic heterocycles. The number of sulfonamides is 1. The summed E-state index contributed by atoms with van der Waals surface area (Å²) in [6.45, 7) is -3.33. The molecule has 1 rings (SSSR count). The van der Waals surface area contributed by atoms with Gasteiger partial charge in [0.2, 0.25) is 10.0 Å². The Morgan fingerprint density at radius 3 is 2.35 bits per heavy atom. The number of aliphatic hydroxyl groups excluding tert-OH is 1. The van der Waals surface area contributed by atoms with Crippen molar-refractivity contribution in [2.75, 3.05) is 19.7 Å². The largest absolute Gasteiger partial charge is 0.402 e. The minimum Gasteiger partial charge on any atom is -0.395 e. The van der Waals surface area contributed by atoms with Gasteiger partial charge in [-0.2, -0.15) is 17.5 Å². The minimum atomic E-state index is -4.78. The van der Waals surface area contributed by atoms with E-state index in [1.165, 1.54) is 0 Å². The zero-order valence-corrected chi connectivity index (χ0v) is 11.4. The quantitative estimate of drug-likeness (QED) is 0.838. The summed E-state index contributed by atoms with van der Waals surface area (Å²) < 4.78 is 74.0. The lowest BCUT2D eigenvalue weighted by atomic mass is 10.3. The highest BCUT2D eigenvalue weighted by Gasteiger charge is 2.37. The Morgan fingerprint density at radius 1 is 1.30 bits per heavy atom. The third-order valence-electron chi connectivity index (χ3n) is 2.22. The molecule has 0 aliphatic carbocycles. The smallest absolute Gasteiger partial charge is 0.395 e. The van der Waals surface area contributed by atoms with E-state index in [0.29, 0.717) is 6.07 Å². The highest BCUT2D eigenvalue weighted by Crippen LogP contribution is 2.27. The molecule has 1 aromatic carbocycles. The molecular formula is C10H10ClF4NO3S. The minimum absolute atomic E-state index is 0.0338. The number of hydrogen-bond acceptors (Lipinski definition) is 3. The molecule has 0 amide bonds. The van der Waals surface area contributed by atoms with Crippen LogP contribution in [-0.4, -0.2) is 43.7 Å². The maximum Gasteiger partial charge on any atom is 0.402 e. The number of hydrogen-bond donors (Lipinski definition) is 1. The van der Waals surface area contributed by atoms with Crippen LogP contribution in [0, 0.1) is 5.82 Å². The SMILES string of the molecule is O=S(=O)(c1ccc(F)cc1Cl)N(CCO)CC(F)(F)F. The zero-order valence-electron chi connectivity index (χ0n) is 9.86. The van der Waals surface area contributed by atoms with Crippen LogP contribution in [0.4, 0.5) is 17.6 Å². The van der Waals surface area contributed by atoms with Crippen LogP contribution in [0.15, 0.2) is 23.1 Å². The van der Waals surface area contributed by atoms with E-state index < -0.39 is 51.6 Å². The Kier molecular flexibility index (Phi) is 5.36. The standard InChI is InChI=1S/C10H10ClF4NO3S/c11-8-5-7(12)1-2-9(8)20(18,19)16(3-4-17)6-10(13,14)15/h1-2,5,17H,3-4,6H2. The van der Waals surface area contributed by atoms with Crippen molar-refractivity contribution < 1.29 is 31.1 Å². The van der Waals surface area contributed by atoms with Gasteiger partial charge >= 0.3 is 6.18 Å². The van der Waals surface area contributed by atoms with E-state index in [1.54, 1.807) is 0 Å². The molecule has 0 atom stereocenters. The second-order valence-electron chi connectivity index (χ2n) is 3.75. The third-order valence-corrected chi connectivity index (χ3v) is 4.54. The van der Waals surface area contributed by atoms with Crippen molar-refractivity contribution in [2.24, 2.45) is 0 Å². The van der Waals surface area contributed by atoms with Crippen molar-refractivity contribution in [3.63, 3.8) is 0 Å². The molecule has 0 bridgehead atoms. The molecule has 0 fully saturated rings. The number of benzene rings is 1. The molecule has 4 nitrogen and oxygen atoms in total. The lowest BCUT2D eigenvalue weighted by molar-refractivity contribution is -0.136. The van der Waals surface area contributed by atoms with Gasteiger partial charge in [0.05, 0.1) is 11.6 Å². The first kappa shape index (κ1) is 17.2. The van der Waals surface area contributed by atoms with E-state index in [2.05, 4.69) is 0 Å². The number of alkyl halides is 3. The molecule has 0 radical (unpaired) electrons. The lowest BCUT2D eigenvalue weighted by Gasteiger charge is -2.23. The fourth-order valence-corrected chi connectivity index (χ4v) is 3.34. The fraction of sp³-hybridized carbons (Fsp3) is 0.400. The molecule has 20 heavy (non-hydrogen) atoms. The van der Waals surface area contributed by atoms with Crippen molar-refractivity contribution in [1.29, 1.82) is 0 Å². The zero-order chi connectivity index (χ0) is 15.6. The summed E-state index contributed by atoms with van der Waals surface area (Å²) >= 11 is 5.54. The van der Waals surface area contributed by atoms with Crippen LogP contribution in [0.5, 0.6) is 0 Å². The average molecular weight is 336 g/mol. The van der Waals surface area contributed by atoms with Gasteiger partial charge in [-0.15, -0.1) is 0 Å². The van der Waals surface area contributed by atoms with Gasteiger partial charge in [0.25, 0.3) is 0 Å². The molecule has 0 aliphatic rings. The van der Waals surface area contributed by atoms with E-state index in [9.17, 15) is 26.0 Å². The maximum atomic E-state index is 12.8. The van der Waals surface area contributed by atoms with Crippen molar-refractivity contribution in [1.82, 2.24) is 4.31 Å². The monoisotopic (exact) mass is 335 g/mol. The summed E-state index contributed by atoms with van der Waals surface area (Å²) in [7, 11) is -4.59. The molecule has 0 saturated carbocycles. The third kappa shape index (κ3) is 4.30. The van der Waals surface area contributed by atoms with Gasteiger partial charge in [-0.25, -0.2) is 12.8 Å². The van der Waals surface area contributed by atoms with Gasteiger partial charge in [-0.05, 0) is 18.2 Å². The van der Waals surface area contributed by atoms with Gasteiger partial charge in [0, 0.05) is 6.54 Å². The van der Waals surface area contributed by atoms with Gasteiger partial charge in [0.15, 0.2) is 0 Å². The van der Waals surface area contributed by atoms with E-state index in [4.69, 9.17) is 16.7 Å². The second kappa shape index (κ2) is 6.25. The molecule has 114 valence electrons. The van der Waals surface area contributed by atoms with Gasteiger partial charge in [-0.1, -0.05) is 11.6 Å². The van der Waals surface area contributed by atoms with E-state index >= 15 is 0 Å². The van der Waals surface area contributed by atoms with Crippen molar-refractivity contribution in [3.8, 4) is 0 Å². The highest BCUT2D eigenvalue weighted by molar-refractivity contribution is 7.89. The van der Waals surface area contributed by atoms with Crippen LogP contribution in [0.2, 0.25) is 5.02 Å². The number of rotatable bonds is 5. The molecule has 0 saturated heterocycles. The maximum absolute atomic E-state index is 12.8. The summed E-state index contributed by atoms with van der Waals surface area (Å²) in [6, 6.07) is 2.22. The van der Waals surface area contributed by atoms with Crippen LogP contribution >= 0.6 is 11.6 Å². The van der Waals surface area contributed by atoms with Crippen LogP contribution in [-0.2, 0) is 10.0 Å². The van der Waals surface area contributed by atoms with Crippen LogP contribution in [0.3, 0.4) is 0 Å². The predicted molar refractivity (Wildman–Crippen MR) is 63.3 cm³/mol. The normalized spacial score (nSPS) is 12.9. The van der Waals surface area contributed by atoms with Crippen molar-refractivity contribution in [3.05, 3.63) is 29.0 Å². The Bertz CT molecular complexity index is 576. The first-order chi connectivity index (χ1) is 9.08. The van der Waals surface area contributed by atoms with Crippen LogP contribution < -0.4 is 0 Å². The van der Waals surface area contributed by atoms with Gasteiger partial charge in [-0.3, -0.25) is 0 Å². The van der Waals surface area contributed by atoms with Crippen molar-refractivity contribution >= 4 is 21.6 Å². The number of aliphatic hydroxyl groups is 1. The topological polar surface area (TPSA) is 57.6 Å². The molecule has 0 aliphatic heterocycles. The first-order valence-electron chi connectivity index (χ1n) is 5.21. The molecule has 0 heterocycles. The molecule has 0 spiro atoms. The summed E-state index contributed by atoms with van der Waals surface area (Å²) in [5, 5.41) is 8.16. The predicted octanol–water partition coefficient (Wildman–Crippen LogP) is 2.02.